The number of rotatable bonds is 3. The van der Waals surface area contributed by atoms with Gasteiger partial charge in [0.25, 0.3) is 0 Å². The minimum atomic E-state index is -1.83. The van der Waals surface area contributed by atoms with E-state index in [-0.39, 0.29) is 11.5 Å². The zero-order valence-electron chi connectivity index (χ0n) is 10.2. The fraction of sp³-hybridized carbons (Fsp3) is 0.0769. The summed E-state index contributed by atoms with van der Waals surface area (Å²) in [6.07, 6.45) is 3.07. The van der Waals surface area contributed by atoms with Gasteiger partial charge in [0.1, 0.15) is 11.4 Å². The molecule has 0 amide bonds. The molecular formula is C13H9N5O2. The Balaban J connectivity index is 2.10. The molecule has 7 heteroatoms. The van der Waals surface area contributed by atoms with Crippen LogP contribution in [0.15, 0.2) is 64.0 Å². The third kappa shape index (κ3) is 1.85. The number of nitrogens with zero attached hydrogens (tertiary/aromatic N) is 5. The minimum Gasteiger partial charge on any atom is -0.478 e. The van der Waals surface area contributed by atoms with Gasteiger partial charge in [-0.25, -0.2) is 9.79 Å². The number of aliphatic carboxylic acids is 1. The number of pyridine rings is 2. The van der Waals surface area contributed by atoms with Crippen LogP contribution in [0.4, 0.5) is 0 Å². The lowest BCUT2D eigenvalue weighted by molar-refractivity contribution is -0.143. The molecule has 0 saturated carbocycles. The third-order valence-electron chi connectivity index (χ3n) is 2.77. The first-order chi connectivity index (χ1) is 9.72. The van der Waals surface area contributed by atoms with Crippen LogP contribution < -0.4 is 0 Å². The van der Waals surface area contributed by atoms with Crippen molar-refractivity contribution in [2.24, 2.45) is 15.2 Å². The Hall–Kier alpha value is -2.96. The topological polar surface area (TPSA) is 100 Å². The normalized spacial score (nSPS) is 20.7. The van der Waals surface area contributed by atoms with E-state index in [1.54, 1.807) is 42.6 Å². The van der Waals surface area contributed by atoms with Crippen molar-refractivity contribution in [2.75, 3.05) is 0 Å². The van der Waals surface area contributed by atoms with Gasteiger partial charge in [0, 0.05) is 12.4 Å². The Morgan fingerprint density at radius 2 is 1.80 bits per heavy atom. The second kappa shape index (κ2) is 4.61. The van der Waals surface area contributed by atoms with Gasteiger partial charge in [0.15, 0.2) is 5.84 Å². The molecule has 98 valence electrons. The number of amidine groups is 1. The Morgan fingerprint density at radius 1 is 1.05 bits per heavy atom. The van der Waals surface area contributed by atoms with Crippen molar-refractivity contribution in [3.05, 3.63) is 60.2 Å². The summed E-state index contributed by atoms with van der Waals surface area (Å²) in [6, 6.07) is 10.1. The number of hydrogen-bond acceptors (Lipinski definition) is 6. The molecule has 1 aliphatic heterocycles. The minimum absolute atomic E-state index is 0.179. The van der Waals surface area contributed by atoms with Gasteiger partial charge in [-0.2, -0.15) is 0 Å². The standard InChI is InChI=1S/C13H9N5O2/c19-12(20)13(10-6-2-4-8-15-10)16-11(17-18-13)9-5-1-3-7-14-9/h1-8H,(H,19,20). The number of hydrogen-bond donors (Lipinski definition) is 1. The van der Waals surface area contributed by atoms with Crippen molar-refractivity contribution in [1.82, 2.24) is 9.97 Å². The maximum atomic E-state index is 11.6. The molecule has 1 atom stereocenters. The SMILES string of the molecule is O=C(O)C1(c2ccccn2)N=NC(c2ccccn2)=N1. The number of carboxylic acids is 1. The van der Waals surface area contributed by atoms with Gasteiger partial charge in [0.05, 0.1) is 0 Å². The van der Waals surface area contributed by atoms with Crippen LogP contribution >= 0.6 is 0 Å². The van der Waals surface area contributed by atoms with Crippen molar-refractivity contribution in [3.8, 4) is 0 Å². The summed E-state index contributed by atoms with van der Waals surface area (Å²) in [7, 11) is 0. The van der Waals surface area contributed by atoms with E-state index in [9.17, 15) is 9.90 Å². The van der Waals surface area contributed by atoms with Crippen LogP contribution in [0.1, 0.15) is 11.4 Å². The summed E-state index contributed by atoms with van der Waals surface area (Å²) in [5.41, 5.74) is -1.15. The molecule has 0 spiro atoms. The van der Waals surface area contributed by atoms with E-state index >= 15 is 0 Å². The zero-order chi connectivity index (χ0) is 14.0. The average Bonchev–Trinajstić information content (AvgIpc) is 2.96. The molecule has 3 rings (SSSR count). The van der Waals surface area contributed by atoms with Crippen molar-refractivity contribution < 1.29 is 9.90 Å². The maximum Gasteiger partial charge on any atom is 0.363 e. The molecule has 2 aromatic heterocycles. The van der Waals surface area contributed by atoms with Crippen LogP contribution in [0.25, 0.3) is 0 Å². The van der Waals surface area contributed by atoms with E-state index in [4.69, 9.17) is 0 Å². The largest absolute Gasteiger partial charge is 0.478 e. The van der Waals surface area contributed by atoms with Crippen molar-refractivity contribution in [1.29, 1.82) is 0 Å². The van der Waals surface area contributed by atoms with Crippen LogP contribution in [0, 0.1) is 0 Å². The first-order valence-electron chi connectivity index (χ1n) is 5.81. The van der Waals surface area contributed by atoms with Crippen LogP contribution in [0.2, 0.25) is 0 Å². The van der Waals surface area contributed by atoms with E-state index in [2.05, 4.69) is 25.2 Å². The van der Waals surface area contributed by atoms with E-state index in [0.29, 0.717) is 5.69 Å². The Bertz CT molecular complexity index is 699. The molecule has 1 aliphatic rings. The predicted octanol–water partition coefficient (Wildman–Crippen LogP) is 1.63. The number of carboxylic acid groups (broad SMARTS) is 1. The molecule has 0 bridgehead atoms. The lowest BCUT2D eigenvalue weighted by Gasteiger charge is -2.14. The first-order valence-corrected chi connectivity index (χ1v) is 5.81. The van der Waals surface area contributed by atoms with Crippen molar-refractivity contribution >= 4 is 11.8 Å². The smallest absolute Gasteiger partial charge is 0.363 e. The van der Waals surface area contributed by atoms with Gasteiger partial charge < -0.3 is 5.11 Å². The highest BCUT2D eigenvalue weighted by Gasteiger charge is 2.46. The summed E-state index contributed by atoms with van der Waals surface area (Å²) in [4.78, 5) is 23.8. The second-order valence-electron chi connectivity index (χ2n) is 4.04. The summed E-state index contributed by atoms with van der Waals surface area (Å²) < 4.78 is 0. The first kappa shape index (κ1) is 12.1. The van der Waals surface area contributed by atoms with Gasteiger partial charge in [-0.3, -0.25) is 9.97 Å². The highest BCUT2D eigenvalue weighted by molar-refractivity contribution is 6.01. The molecule has 7 nitrogen and oxygen atoms in total. The van der Waals surface area contributed by atoms with Gasteiger partial charge >= 0.3 is 11.6 Å². The summed E-state index contributed by atoms with van der Waals surface area (Å²) >= 11 is 0. The number of azo groups is 1. The monoisotopic (exact) mass is 267 g/mol. The maximum absolute atomic E-state index is 11.6. The van der Waals surface area contributed by atoms with Gasteiger partial charge in [-0.05, 0) is 24.3 Å². The lowest BCUT2D eigenvalue weighted by Crippen LogP contribution is -2.31. The third-order valence-corrected chi connectivity index (χ3v) is 2.77. The molecule has 1 N–H and O–H groups in total. The van der Waals surface area contributed by atoms with Crippen LogP contribution in [-0.2, 0) is 10.5 Å². The van der Waals surface area contributed by atoms with Crippen LogP contribution in [0.5, 0.6) is 0 Å². The van der Waals surface area contributed by atoms with Crippen LogP contribution in [0.3, 0.4) is 0 Å². The summed E-state index contributed by atoms with van der Waals surface area (Å²) in [5, 5.41) is 17.1. The molecule has 0 aliphatic carbocycles. The highest BCUT2D eigenvalue weighted by atomic mass is 16.4. The Labute approximate surface area is 113 Å². The molecular weight excluding hydrogens is 258 g/mol. The number of aromatic nitrogens is 2. The molecule has 0 radical (unpaired) electrons. The van der Waals surface area contributed by atoms with E-state index in [1.807, 2.05) is 0 Å². The summed E-state index contributed by atoms with van der Waals surface area (Å²) in [5.74, 6) is -1.05. The number of aliphatic imine (C=N–C) groups is 1. The fourth-order valence-electron chi connectivity index (χ4n) is 1.80. The average molecular weight is 267 g/mol. The summed E-state index contributed by atoms with van der Waals surface area (Å²) in [6.45, 7) is 0. The Kier molecular flexibility index (Phi) is 2.79. The highest BCUT2D eigenvalue weighted by Crippen LogP contribution is 2.32. The number of carbonyl (C=O) groups is 1. The van der Waals surface area contributed by atoms with E-state index in [1.165, 1.54) is 6.20 Å². The van der Waals surface area contributed by atoms with E-state index in [0.717, 1.165) is 0 Å². The zero-order valence-corrected chi connectivity index (χ0v) is 10.2. The molecule has 0 saturated heterocycles. The molecule has 3 heterocycles. The second-order valence-corrected chi connectivity index (χ2v) is 4.04. The fourth-order valence-corrected chi connectivity index (χ4v) is 1.80. The van der Waals surface area contributed by atoms with Crippen molar-refractivity contribution in [3.63, 3.8) is 0 Å². The van der Waals surface area contributed by atoms with Gasteiger partial charge in [-0.15, -0.1) is 10.2 Å². The Morgan fingerprint density at radius 3 is 2.40 bits per heavy atom. The molecule has 0 aromatic carbocycles. The molecule has 1 unspecified atom stereocenters. The molecule has 2 aromatic rings. The lowest BCUT2D eigenvalue weighted by atomic mass is 10.1. The predicted molar refractivity (Wildman–Crippen MR) is 69.2 cm³/mol. The molecule has 0 fully saturated rings. The van der Waals surface area contributed by atoms with Crippen LogP contribution in [-0.4, -0.2) is 26.9 Å². The van der Waals surface area contributed by atoms with Crippen molar-refractivity contribution in [2.45, 2.75) is 5.66 Å². The van der Waals surface area contributed by atoms with Gasteiger partial charge in [0.2, 0.25) is 0 Å². The van der Waals surface area contributed by atoms with Gasteiger partial charge in [-0.1, -0.05) is 12.1 Å². The van der Waals surface area contributed by atoms with E-state index < -0.39 is 11.6 Å². The quantitative estimate of drug-likeness (QED) is 0.913. The molecule has 20 heavy (non-hydrogen) atoms.